The van der Waals surface area contributed by atoms with Crippen LogP contribution < -0.4 is 5.32 Å². The number of quaternary nitrogens is 1. The molecule has 9 nitrogen and oxygen atoms in total. The first-order chi connectivity index (χ1) is 24.9. The van der Waals surface area contributed by atoms with Gasteiger partial charge in [0.15, 0.2) is 0 Å². The third kappa shape index (κ3) is 35.0. The Balaban J connectivity index is 4.73. The van der Waals surface area contributed by atoms with Crippen LogP contribution in [0.1, 0.15) is 129 Å². The molecular formula is C42H76N2O7P+. The van der Waals surface area contributed by atoms with Gasteiger partial charge in [-0.2, -0.15) is 0 Å². The lowest BCUT2D eigenvalue weighted by atomic mass is 10.1. The highest BCUT2D eigenvalue weighted by atomic mass is 31.2. The van der Waals surface area contributed by atoms with Crippen LogP contribution in [0.4, 0.5) is 0 Å². The molecule has 0 fully saturated rings. The number of carbonyl (C=O) groups is 1. The summed E-state index contributed by atoms with van der Waals surface area (Å²) in [6, 6.07) is -0.915. The zero-order valence-corrected chi connectivity index (χ0v) is 34.3. The Morgan fingerprint density at radius 1 is 0.712 bits per heavy atom. The lowest BCUT2D eigenvalue weighted by Crippen LogP contribution is -2.45. The predicted octanol–water partition coefficient (Wildman–Crippen LogP) is 9.43. The number of allylic oxidation sites excluding steroid dienone is 9. The third-order valence-electron chi connectivity index (χ3n) is 8.23. The van der Waals surface area contributed by atoms with Crippen molar-refractivity contribution in [3.05, 3.63) is 72.9 Å². The lowest BCUT2D eigenvalue weighted by Gasteiger charge is -2.25. The molecule has 1 unspecified atom stereocenters. The minimum Gasteiger partial charge on any atom is -0.389 e. The van der Waals surface area contributed by atoms with Gasteiger partial charge in [-0.1, -0.05) is 132 Å². The summed E-state index contributed by atoms with van der Waals surface area (Å²) >= 11 is 0. The number of rotatable bonds is 34. The number of hydrogen-bond acceptors (Lipinski definition) is 6. The van der Waals surface area contributed by atoms with Crippen molar-refractivity contribution in [1.29, 1.82) is 0 Å². The maximum Gasteiger partial charge on any atom is 0.472 e. The molecule has 1 amide bonds. The number of unbranched alkanes of at least 4 members (excludes halogenated alkanes) is 11. The standard InChI is InChI=1S/C42H75N2O7P/c1-6-8-10-12-14-15-16-17-18-22-26-30-34-41(46)40(38-51-52(48,49)50-37-36-44(3,4)5)43-42(47)35-31-27-23-19-21-25-29-33-39(45)32-28-24-20-13-11-9-7-2/h17-20,23-25,28-30,32,34,39-41,45-46H,6-16,21-22,26-27,31,33,35-38H2,1-5H3,(H-,43,47,48,49)/p+1/b18-17-,23-19+,24-20-,29-25-,32-28-,34-30+/t39-,40-,41+/m0/s1. The van der Waals surface area contributed by atoms with Gasteiger partial charge in [-0.3, -0.25) is 13.8 Å². The molecule has 0 rings (SSSR count). The maximum absolute atomic E-state index is 12.8. The Bertz CT molecular complexity index is 1090. The van der Waals surface area contributed by atoms with Gasteiger partial charge < -0.3 is 24.9 Å². The second-order valence-corrected chi connectivity index (χ2v) is 15.9. The predicted molar refractivity (Wildman–Crippen MR) is 218 cm³/mol. The second kappa shape index (κ2) is 33.5. The van der Waals surface area contributed by atoms with E-state index in [2.05, 4.69) is 37.4 Å². The average molecular weight is 752 g/mol. The van der Waals surface area contributed by atoms with Crippen molar-refractivity contribution >= 4 is 13.7 Å². The molecule has 0 bridgehead atoms. The molecule has 10 heteroatoms. The van der Waals surface area contributed by atoms with Gasteiger partial charge in [-0.15, -0.1) is 0 Å². The smallest absolute Gasteiger partial charge is 0.389 e. The third-order valence-corrected chi connectivity index (χ3v) is 9.21. The Kier molecular flexibility index (Phi) is 32.1. The van der Waals surface area contributed by atoms with Gasteiger partial charge in [0.2, 0.25) is 5.91 Å². The van der Waals surface area contributed by atoms with Gasteiger partial charge >= 0.3 is 7.82 Å². The first-order valence-corrected chi connectivity index (χ1v) is 21.4. The summed E-state index contributed by atoms with van der Waals surface area (Å²) < 4.78 is 23.4. The molecule has 0 aromatic heterocycles. The summed E-state index contributed by atoms with van der Waals surface area (Å²) in [5, 5.41) is 23.7. The summed E-state index contributed by atoms with van der Waals surface area (Å²) in [7, 11) is 1.46. The molecule has 0 spiro atoms. The number of aliphatic hydroxyl groups excluding tert-OH is 2. The number of phosphoric acid groups is 1. The van der Waals surface area contributed by atoms with Crippen LogP contribution in [0.3, 0.4) is 0 Å². The Morgan fingerprint density at radius 2 is 1.31 bits per heavy atom. The van der Waals surface area contributed by atoms with E-state index in [1.807, 2.05) is 63.7 Å². The van der Waals surface area contributed by atoms with Crippen LogP contribution in [0.2, 0.25) is 0 Å². The first kappa shape index (κ1) is 49.9. The number of carbonyl (C=O) groups excluding carboxylic acids is 1. The maximum atomic E-state index is 12.8. The molecule has 0 aliphatic heterocycles. The number of aliphatic hydroxyl groups is 2. The largest absolute Gasteiger partial charge is 0.472 e. The highest BCUT2D eigenvalue weighted by Gasteiger charge is 2.27. The Morgan fingerprint density at radius 3 is 2.06 bits per heavy atom. The van der Waals surface area contributed by atoms with E-state index in [1.54, 1.807) is 12.2 Å². The fourth-order valence-electron chi connectivity index (χ4n) is 4.95. The topological polar surface area (TPSA) is 125 Å². The number of amides is 1. The van der Waals surface area contributed by atoms with Gasteiger partial charge in [0.25, 0.3) is 0 Å². The van der Waals surface area contributed by atoms with Gasteiger partial charge in [0.1, 0.15) is 13.2 Å². The first-order valence-electron chi connectivity index (χ1n) is 19.9. The summed E-state index contributed by atoms with van der Waals surface area (Å²) in [5.41, 5.74) is 0. The summed E-state index contributed by atoms with van der Waals surface area (Å²) in [4.78, 5) is 23.0. The molecule has 4 N–H and O–H groups in total. The van der Waals surface area contributed by atoms with Crippen molar-refractivity contribution < 1.29 is 38.0 Å². The lowest BCUT2D eigenvalue weighted by molar-refractivity contribution is -0.870. The number of nitrogens with zero attached hydrogens (tertiary/aromatic N) is 1. The Labute approximate surface area is 317 Å². The van der Waals surface area contributed by atoms with Crippen LogP contribution in [0.25, 0.3) is 0 Å². The van der Waals surface area contributed by atoms with Crippen molar-refractivity contribution in [2.45, 2.75) is 148 Å². The van der Waals surface area contributed by atoms with E-state index < -0.39 is 26.1 Å². The van der Waals surface area contributed by atoms with Crippen LogP contribution in [-0.4, -0.2) is 84.6 Å². The molecule has 0 saturated heterocycles. The van der Waals surface area contributed by atoms with Gasteiger partial charge in [-0.25, -0.2) is 4.57 Å². The quantitative estimate of drug-likeness (QED) is 0.0170. The fourth-order valence-corrected chi connectivity index (χ4v) is 5.69. The van der Waals surface area contributed by atoms with Gasteiger partial charge in [0, 0.05) is 6.42 Å². The Hall–Kier alpha value is -2.10. The van der Waals surface area contributed by atoms with E-state index in [0.29, 0.717) is 30.3 Å². The number of likely N-dealkylation sites (N-methyl/N-ethyl adjacent to an activating group) is 1. The van der Waals surface area contributed by atoms with Crippen molar-refractivity contribution in [2.75, 3.05) is 40.9 Å². The highest BCUT2D eigenvalue weighted by molar-refractivity contribution is 7.47. The van der Waals surface area contributed by atoms with E-state index in [4.69, 9.17) is 9.05 Å². The van der Waals surface area contributed by atoms with E-state index in [1.165, 1.54) is 57.8 Å². The summed E-state index contributed by atoms with van der Waals surface area (Å²) in [6.07, 6.45) is 40.0. The fraction of sp³-hybridized carbons (Fsp3) is 0.690. The summed E-state index contributed by atoms with van der Waals surface area (Å²) in [6.45, 7) is 4.58. The van der Waals surface area contributed by atoms with Gasteiger partial charge in [-0.05, 0) is 64.2 Å². The molecule has 4 atom stereocenters. The molecule has 52 heavy (non-hydrogen) atoms. The minimum absolute atomic E-state index is 0.0306. The number of hydrogen-bond donors (Lipinski definition) is 4. The molecule has 300 valence electrons. The van der Waals surface area contributed by atoms with Crippen molar-refractivity contribution in [2.24, 2.45) is 0 Å². The molecule has 0 saturated carbocycles. The van der Waals surface area contributed by atoms with Crippen molar-refractivity contribution in [3.63, 3.8) is 0 Å². The second-order valence-electron chi connectivity index (χ2n) is 14.5. The zero-order valence-electron chi connectivity index (χ0n) is 33.4. The molecule has 0 radical (unpaired) electrons. The van der Waals surface area contributed by atoms with Crippen molar-refractivity contribution in [3.8, 4) is 0 Å². The number of nitrogens with one attached hydrogen (secondary N) is 1. The molecule has 0 aromatic rings. The van der Waals surface area contributed by atoms with E-state index in [-0.39, 0.29) is 25.5 Å². The van der Waals surface area contributed by atoms with Crippen LogP contribution in [0.15, 0.2) is 72.9 Å². The van der Waals surface area contributed by atoms with E-state index in [0.717, 1.165) is 32.1 Å². The molecule has 0 aliphatic carbocycles. The minimum atomic E-state index is -4.37. The van der Waals surface area contributed by atoms with E-state index >= 15 is 0 Å². The average Bonchev–Trinajstić information content (AvgIpc) is 3.08. The SMILES string of the molecule is CCCCC/C=C\C=C/[C@H](O)C/C=C\C/C=C/CCCC(=O)N[C@@H](COP(=O)(O)OCC[N+](C)(C)C)[C@H](O)/C=C/CC/C=C\CCCCCCCC. The van der Waals surface area contributed by atoms with Gasteiger partial charge in [0.05, 0.1) is 46.0 Å². The normalized spacial score (nSPS) is 15.9. The van der Waals surface area contributed by atoms with E-state index in [9.17, 15) is 24.5 Å². The summed E-state index contributed by atoms with van der Waals surface area (Å²) in [5.74, 6) is -0.274. The van der Waals surface area contributed by atoms with Crippen LogP contribution in [0, 0.1) is 0 Å². The van der Waals surface area contributed by atoms with Crippen LogP contribution in [0.5, 0.6) is 0 Å². The number of phosphoric ester groups is 1. The van der Waals surface area contributed by atoms with Crippen LogP contribution in [-0.2, 0) is 18.4 Å². The van der Waals surface area contributed by atoms with Crippen molar-refractivity contribution in [1.82, 2.24) is 5.32 Å². The highest BCUT2D eigenvalue weighted by Crippen LogP contribution is 2.43. The molecule has 0 heterocycles. The molecular weight excluding hydrogens is 675 g/mol. The van der Waals surface area contributed by atoms with Crippen LogP contribution >= 0.6 is 7.82 Å². The molecule has 0 aromatic carbocycles. The molecule has 0 aliphatic rings. The zero-order chi connectivity index (χ0) is 38.8. The monoisotopic (exact) mass is 752 g/mol.